The van der Waals surface area contributed by atoms with Gasteiger partial charge in [-0.15, -0.1) is 0 Å². The van der Waals surface area contributed by atoms with E-state index in [1.54, 1.807) is 0 Å². The summed E-state index contributed by atoms with van der Waals surface area (Å²) in [6.07, 6.45) is 0. The normalized spacial score (nSPS) is 8.80. The summed E-state index contributed by atoms with van der Waals surface area (Å²) in [6.45, 7) is 4.00. The van der Waals surface area contributed by atoms with Gasteiger partial charge in [0.25, 0.3) is 5.91 Å². The molecule has 1 aromatic rings. The van der Waals surface area contributed by atoms with Gasteiger partial charge in [-0.25, -0.2) is 4.79 Å². The number of rotatable bonds is 2. The van der Waals surface area contributed by atoms with E-state index in [9.17, 15) is 9.59 Å². The molecule has 84 valence electrons. The SMILES string of the molecule is CC.COC(=O)c1cc(C(N)=O)oc1Cl. The van der Waals surface area contributed by atoms with Crippen molar-refractivity contribution in [3.8, 4) is 0 Å². The number of methoxy groups -OCH3 is 1. The van der Waals surface area contributed by atoms with Crippen LogP contribution in [0, 0.1) is 0 Å². The van der Waals surface area contributed by atoms with Gasteiger partial charge >= 0.3 is 5.97 Å². The second kappa shape index (κ2) is 6.08. The molecule has 0 bridgehead atoms. The van der Waals surface area contributed by atoms with E-state index in [1.807, 2.05) is 13.8 Å². The van der Waals surface area contributed by atoms with Crippen molar-refractivity contribution in [3.63, 3.8) is 0 Å². The lowest BCUT2D eigenvalue weighted by molar-refractivity contribution is 0.0600. The first-order chi connectivity index (χ1) is 7.06. The van der Waals surface area contributed by atoms with Crippen LogP contribution in [0.4, 0.5) is 0 Å². The molecule has 1 rings (SSSR count). The highest BCUT2D eigenvalue weighted by molar-refractivity contribution is 6.32. The van der Waals surface area contributed by atoms with Crippen LogP contribution in [0.2, 0.25) is 5.22 Å². The quantitative estimate of drug-likeness (QED) is 0.790. The number of hydrogen-bond donors (Lipinski definition) is 1. The molecule has 2 N–H and O–H groups in total. The lowest BCUT2D eigenvalue weighted by Gasteiger charge is -1.92. The fraction of sp³-hybridized carbons (Fsp3) is 0.333. The molecule has 5 nitrogen and oxygen atoms in total. The zero-order chi connectivity index (χ0) is 12.0. The minimum atomic E-state index is -0.794. The third kappa shape index (κ3) is 3.28. The standard InChI is InChI=1S/C7H6ClNO4.C2H6/c1-12-7(11)3-2-4(6(9)10)13-5(3)8;1-2/h2H,1H3,(H2,9,10);1-2H3. The molecule has 0 fully saturated rings. The summed E-state index contributed by atoms with van der Waals surface area (Å²) < 4.78 is 9.06. The van der Waals surface area contributed by atoms with Crippen LogP contribution < -0.4 is 5.73 Å². The average molecular weight is 234 g/mol. The fourth-order valence-electron chi connectivity index (χ4n) is 0.739. The number of carbonyl (C=O) groups is 2. The summed E-state index contributed by atoms with van der Waals surface area (Å²) in [4.78, 5) is 21.5. The Balaban J connectivity index is 0.000000921. The topological polar surface area (TPSA) is 82.5 Å². The first-order valence-electron chi connectivity index (χ1n) is 4.23. The van der Waals surface area contributed by atoms with Gasteiger partial charge in [0.15, 0.2) is 5.76 Å². The lowest BCUT2D eigenvalue weighted by Crippen LogP contribution is -2.09. The highest BCUT2D eigenvalue weighted by Crippen LogP contribution is 2.21. The van der Waals surface area contributed by atoms with E-state index in [-0.39, 0.29) is 16.5 Å². The van der Waals surface area contributed by atoms with Gasteiger partial charge in [-0.05, 0) is 11.6 Å². The molecule has 0 aliphatic carbocycles. The lowest BCUT2D eigenvalue weighted by atomic mass is 10.3. The highest BCUT2D eigenvalue weighted by atomic mass is 35.5. The maximum Gasteiger partial charge on any atom is 0.342 e. The summed E-state index contributed by atoms with van der Waals surface area (Å²) in [5.74, 6) is -1.65. The smallest absolute Gasteiger partial charge is 0.342 e. The van der Waals surface area contributed by atoms with Crippen molar-refractivity contribution in [2.75, 3.05) is 7.11 Å². The Bertz CT molecular complexity index is 359. The summed E-state index contributed by atoms with van der Waals surface area (Å²) >= 11 is 5.49. The van der Waals surface area contributed by atoms with Crippen molar-refractivity contribution in [2.24, 2.45) is 5.73 Å². The van der Waals surface area contributed by atoms with Gasteiger partial charge in [0.1, 0.15) is 5.56 Å². The molecule has 0 atom stereocenters. The second-order valence-corrected chi connectivity index (χ2v) is 2.50. The Morgan fingerprint density at radius 3 is 2.33 bits per heavy atom. The highest BCUT2D eigenvalue weighted by Gasteiger charge is 2.19. The third-order valence-corrected chi connectivity index (χ3v) is 1.62. The zero-order valence-electron chi connectivity index (χ0n) is 8.67. The number of ether oxygens (including phenoxy) is 1. The molecule has 0 saturated carbocycles. The van der Waals surface area contributed by atoms with E-state index in [4.69, 9.17) is 17.3 Å². The van der Waals surface area contributed by atoms with Crippen LogP contribution in [0.15, 0.2) is 10.5 Å². The molecule has 1 heterocycles. The van der Waals surface area contributed by atoms with E-state index in [0.717, 1.165) is 6.07 Å². The summed E-state index contributed by atoms with van der Waals surface area (Å²) in [5.41, 5.74) is 4.88. The zero-order valence-corrected chi connectivity index (χ0v) is 9.42. The average Bonchev–Trinajstić information content (AvgIpc) is 2.62. The van der Waals surface area contributed by atoms with Crippen LogP contribution in [-0.2, 0) is 4.74 Å². The van der Waals surface area contributed by atoms with Crippen molar-refractivity contribution < 1.29 is 18.7 Å². The van der Waals surface area contributed by atoms with Gasteiger partial charge in [-0.3, -0.25) is 4.79 Å². The van der Waals surface area contributed by atoms with Crippen LogP contribution in [0.25, 0.3) is 0 Å². The van der Waals surface area contributed by atoms with E-state index in [2.05, 4.69) is 9.15 Å². The van der Waals surface area contributed by atoms with E-state index in [1.165, 1.54) is 7.11 Å². The van der Waals surface area contributed by atoms with Crippen LogP contribution in [0.5, 0.6) is 0 Å². The molecule has 0 unspecified atom stereocenters. The monoisotopic (exact) mass is 233 g/mol. The molecule has 6 heteroatoms. The molecular weight excluding hydrogens is 222 g/mol. The Morgan fingerprint density at radius 1 is 1.47 bits per heavy atom. The number of hydrogen-bond acceptors (Lipinski definition) is 4. The van der Waals surface area contributed by atoms with Crippen LogP contribution in [0.3, 0.4) is 0 Å². The molecule has 1 aromatic heterocycles. The Morgan fingerprint density at radius 2 is 2.00 bits per heavy atom. The Labute approximate surface area is 92.1 Å². The van der Waals surface area contributed by atoms with Crippen LogP contribution >= 0.6 is 11.6 Å². The van der Waals surface area contributed by atoms with Crippen molar-refractivity contribution >= 4 is 23.5 Å². The Kier molecular flexibility index (Phi) is 5.48. The molecule has 15 heavy (non-hydrogen) atoms. The number of carbonyl (C=O) groups excluding carboxylic acids is 2. The number of primary amides is 1. The van der Waals surface area contributed by atoms with Crippen molar-refractivity contribution in [3.05, 3.63) is 22.6 Å². The molecule has 0 aromatic carbocycles. The molecule has 0 radical (unpaired) electrons. The van der Waals surface area contributed by atoms with Crippen molar-refractivity contribution in [1.29, 1.82) is 0 Å². The predicted molar refractivity (Wildman–Crippen MR) is 54.9 cm³/mol. The summed E-state index contributed by atoms with van der Waals surface area (Å²) in [5, 5.41) is -0.208. The molecular formula is C9H12ClNO4. The van der Waals surface area contributed by atoms with Gasteiger partial charge in [0, 0.05) is 6.07 Å². The van der Waals surface area contributed by atoms with Gasteiger partial charge in [0.2, 0.25) is 5.22 Å². The summed E-state index contributed by atoms with van der Waals surface area (Å²) in [7, 11) is 1.19. The number of furan rings is 1. The largest absolute Gasteiger partial charge is 0.465 e. The predicted octanol–water partition coefficient (Wildman–Crippen LogP) is 1.84. The second-order valence-electron chi connectivity index (χ2n) is 2.15. The van der Waals surface area contributed by atoms with E-state index in [0.29, 0.717) is 0 Å². The number of amides is 1. The summed E-state index contributed by atoms with van der Waals surface area (Å²) in [6, 6.07) is 1.14. The maximum absolute atomic E-state index is 11.0. The molecule has 1 amide bonds. The maximum atomic E-state index is 11.0. The number of esters is 1. The number of nitrogens with two attached hydrogens (primary N) is 1. The van der Waals surface area contributed by atoms with Gasteiger partial charge in [0.05, 0.1) is 7.11 Å². The molecule has 0 aliphatic rings. The fourth-order valence-corrected chi connectivity index (χ4v) is 0.954. The van der Waals surface area contributed by atoms with Crippen LogP contribution in [-0.4, -0.2) is 19.0 Å². The van der Waals surface area contributed by atoms with Crippen molar-refractivity contribution in [1.82, 2.24) is 0 Å². The first kappa shape index (κ1) is 13.5. The van der Waals surface area contributed by atoms with Crippen LogP contribution in [0.1, 0.15) is 34.8 Å². The third-order valence-electron chi connectivity index (χ3n) is 1.33. The minimum absolute atomic E-state index is 0.0158. The van der Waals surface area contributed by atoms with E-state index < -0.39 is 11.9 Å². The molecule has 0 saturated heterocycles. The Hall–Kier alpha value is -1.49. The molecule has 0 aliphatic heterocycles. The van der Waals surface area contributed by atoms with Gasteiger partial charge in [-0.1, -0.05) is 13.8 Å². The van der Waals surface area contributed by atoms with Crippen molar-refractivity contribution in [2.45, 2.75) is 13.8 Å². The minimum Gasteiger partial charge on any atom is -0.465 e. The van der Waals surface area contributed by atoms with E-state index >= 15 is 0 Å². The molecule has 0 spiro atoms. The number of halogens is 1. The van der Waals surface area contributed by atoms with Gasteiger partial charge in [-0.2, -0.15) is 0 Å². The van der Waals surface area contributed by atoms with Gasteiger partial charge < -0.3 is 14.9 Å². The first-order valence-corrected chi connectivity index (χ1v) is 4.61.